The Bertz CT molecular complexity index is 508. The molecule has 0 aliphatic carbocycles. The van der Waals surface area contributed by atoms with Gasteiger partial charge in [0.05, 0.1) is 6.20 Å². The largest absolute Gasteiger partial charge is 0.356 e. The minimum atomic E-state index is 0.767. The lowest BCUT2D eigenvalue weighted by atomic mass is 10.2. The molecule has 0 bridgehead atoms. The van der Waals surface area contributed by atoms with Crippen LogP contribution in [0.2, 0.25) is 0 Å². The number of nitrogens with one attached hydrogen (secondary N) is 1. The van der Waals surface area contributed by atoms with Gasteiger partial charge in [0.2, 0.25) is 0 Å². The molecule has 2 heterocycles. The van der Waals surface area contributed by atoms with E-state index in [1.165, 1.54) is 22.8 Å². The van der Waals surface area contributed by atoms with Crippen LogP contribution in [-0.2, 0) is 6.54 Å². The van der Waals surface area contributed by atoms with E-state index in [-0.39, 0.29) is 0 Å². The molecule has 0 spiro atoms. The van der Waals surface area contributed by atoms with Crippen molar-refractivity contribution in [1.82, 2.24) is 10.5 Å². The van der Waals surface area contributed by atoms with E-state index in [0.717, 1.165) is 29.3 Å². The summed E-state index contributed by atoms with van der Waals surface area (Å²) in [5, 5.41) is 9.18. The Morgan fingerprint density at radius 2 is 2.39 bits per heavy atom. The van der Waals surface area contributed by atoms with Crippen molar-refractivity contribution in [3.05, 3.63) is 30.0 Å². The van der Waals surface area contributed by atoms with E-state index in [0.29, 0.717) is 0 Å². The van der Waals surface area contributed by atoms with Crippen LogP contribution in [0.1, 0.15) is 5.56 Å². The minimum absolute atomic E-state index is 0.767. The summed E-state index contributed by atoms with van der Waals surface area (Å²) in [5.41, 5.74) is 2.15. The molecule has 1 unspecified atom stereocenters. The lowest BCUT2D eigenvalue weighted by Crippen LogP contribution is -2.28. The van der Waals surface area contributed by atoms with Gasteiger partial charge >= 0.3 is 0 Å². The maximum atomic E-state index is 5.10. The molecule has 0 saturated carbocycles. The van der Waals surface area contributed by atoms with Crippen LogP contribution in [-0.4, -0.2) is 34.2 Å². The van der Waals surface area contributed by atoms with Gasteiger partial charge in [-0.15, -0.1) is 0 Å². The number of rotatable bonds is 4. The Labute approximate surface area is 115 Å². The number of thioether (sulfide) groups is 2. The summed E-state index contributed by atoms with van der Waals surface area (Å²) in [6, 6.07) is 6.23. The molecule has 0 radical (unpaired) electrons. The number of hydrogen-bond acceptors (Lipinski definition) is 5. The third-order valence-corrected chi connectivity index (χ3v) is 5.85. The first-order valence-electron chi connectivity index (χ1n) is 6.15. The Morgan fingerprint density at radius 1 is 1.39 bits per heavy atom. The summed E-state index contributed by atoms with van der Waals surface area (Å²) >= 11 is 4.16. The quantitative estimate of drug-likeness (QED) is 0.932. The van der Waals surface area contributed by atoms with Crippen LogP contribution in [0.4, 0.5) is 0 Å². The first-order chi connectivity index (χ1) is 8.92. The topological polar surface area (TPSA) is 38.1 Å². The molecule has 1 atom stereocenters. The highest BCUT2D eigenvalue weighted by atomic mass is 32.2. The van der Waals surface area contributed by atoms with Gasteiger partial charge in [0.15, 0.2) is 5.58 Å². The molecule has 0 amide bonds. The van der Waals surface area contributed by atoms with E-state index in [2.05, 4.69) is 46.1 Å². The Morgan fingerprint density at radius 3 is 3.28 bits per heavy atom. The van der Waals surface area contributed by atoms with Crippen LogP contribution >= 0.6 is 23.5 Å². The van der Waals surface area contributed by atoms with Crippen molar-refractivity contribution in [3.8, 4) is 0 Å². The molecule has 5 heteroatoms. The standard InChI is InChI=1S/C13H16N2OS2/c1-2-13-11(7-15-16-13)5-10(1)6-14-8-12-9-17-3-4-18-12/h1-2,5,7,12,14H,3-4,6,8-9H2. The molecule has 3 rings (SSSR count). The molecule has 1 aromatic carbocycles. The maximum Gasteiger partial charge on any atom is 0.166 e. The minimum Gasteiger partial charge on any atom is -0.356 e. The molecule has 1 saturated heterocycles. The number of aromatic nitrogens is 1. The van der Waals surface area contributed by atoms with Crippen LogP contribution in [0.5, 0.6) is 0 Å². The number of fused-ring (bicyclic) bond motifs is 1. The van der Waals surface area contributed by atoms with E-state index in [1.54, 1.807) is 6.20 Å². The van der Waals surface area contributed by atoms with Crippen molar-refractivity contribution in [2.45, 2.75) is 11.8 Å². The molecule has 1 aliphatic heterocycles. The first-order valence-corrected chi connectivity index (χ1v) is 8.35. The van der Waals surface area contributed by atoms with Gasteiger partial charge < -0.3 is 9.84 Å². The van der Waals surface area contributed by atoms with Crippen LogP contribution in [0.15, 0.2) is 28.9 Å². The van der Waals surface area contributed by atoms with Gasteiger partial charge in [-0.2, -0.15) is 23.5 Å². The van der Waals surface area contributed by atoms with Gasteiger partial charge in [0.1, 0.15) is 0 Å². The first kappa shape index (κ1) is 12.4. The molecular formula is C13H16N2OS2. The molecule has 1 aliphatic rings. The average Bonchev–Trinajstić information content (AvgIpc) is 2.87. The Hall–Kier alpha value is -0.650. The molecule has 1 fully saturated rings. The fourth-order valence-electron chi connectivity index (χ4n) is 2.06. The van der Waals surface area contributed by atoms with Crippen LogP contribution < -0.4 is 5.32 Å². The summed E-state index contributed by atoms with van der Waals surface area (Å²) in [6.07, 6.45) is 1.77. The van der Waals surface area contributed by atoms with Gasteiger partial charge in [0.25, 0.3) is 0 Å². The van der Waals surface area contributed by atoms with Crippen LogP contribution in [0.3, 0.4) is 0 Å². The molecule has 1 N–H and O–H groups in total. The number of nitrogens with zero attached hydrogens (tertiary/aromatic N) is 1. The maximum absolute atomic E-state index is 5.10. The number of benzene rings is 1. The second kappa shape index (κ2) is 5.99. The van der Waals surface area contributed by atoms with E-state index < -0.39 is 0 Å². The van der Waals surface area contributed by atoms with Crippen molar-refractivity contribution in [1.29, 1.82) is 0 Å². The van der Waals surface area contributed by atoms with Gasteiger partial charge in [-0.05, 0) is 17.7 Å². The van der Waals surface area contributed by atoms with Crippen molar-refractivity contribution in [2.24, 2.45) is 0 Å². The molecule has 3 nitrogen and oxygen atoms in total. The smallest absolute Gasteiger partial charge is 0.166 e. The van der Waals surface area contributed by atoms with E-state index in [1.807, 2.05) is 6.07 Å². The van der Waals surface area contributed by atoms with Gasteiger partial charge in [-0.3, -0.25) is 0 Å². The van der Waals surface area contributed by atoms with Crippen molar-refractivity contribution >= 4 is 34.5 Å². The van der Waals surface area contributed by atoms with Gasteiger partial charge in [-0.1, -0.05) is 11.2 Å². The normalized spacial score (nSPS) is 20.3. The second-order valence-electron chi connectivity index (χ2n) is 4.40. The second-order valence-corrected chi connectivity index (χ2v) is 6.95. The summed E-state index contributed by atoms with van der Waals surface area (Å²) in [7, 11) is 0. The van der Waals surface area contributed by atoms with Crippen molar-refractivity contribution < 1.29 is 4.52 Å². The van der Waals surface area contributed by atoms with Crippen molar-refractivity contribution in [2.75, 3.05) is 23.8 Å². The van der Waals surface area contributed by atoms with Crippen LogP contribution in [0.25, 0.3) is 11.0 Å². The summed E-state index contributed by atoms with van der Waals surface area (Å²) in [6.45, 7) is 2.02. The predicted octanol–water partition coefficient (Wildman–Crippen LogP) is 2.77. The molecule has 96 valence electrons. The Kier molecular flexibility index (Phi) is 4.13. The van der Waals surface area contributed by atoms with Gasteiger partial charge in [-0.25, -0.2) is 0 Å². The summed E-state index contributed by atoms with van der Waals surface area (Å²) < 4.78 is 5.10. The molecule has 18 heavy (non-hydrogen) atoms. The third-order valence-electron chi connectivity index (χ3n) is 3.00. The lowest BCUT2D eigenvalue weighted by molar-refractivity contribution is 0.456. The van der Waals surface area contributed by atoms with E-state index >= 15 is 0 Å². The fourth-order valence-corrected chi connectivity index (χ4v) is 4.71. The van der Waals surface area contributed by atoms with Gasteiger partial charge in [0, 0.05) is 41.0 Å². The molecule has 2 aromatic rings. The van der Waals surface area contributed by atoms with E-state index in [9.17, 15) is 0 Å². The Balaban J connectivity index is 1.52. The monoisotopic (exact) mass is 280 g/mol. The molecular weight excluding hydrogens is 264 g/mol. The highest BCUT2D eigenvalue weighted by Gasteiger charge is 2.13. The zero-order valence-corrected chi connectivity index (χ0v) is 11.7. The molecule has 1 aromatic heterocycles. The third kappa shape index (κ3) is 3.02. The average molecular weight is 280 g/mol. The lowest BCUT2D eigenvalue weighted by Gasteiger charge is -2.21. The number of hydrogen-bond donors (Lipinski definition) is 1. The fraction of sp³-hybridized carbons (Fsp3) is 0.462. The SMILES string of the molecule is c1cc2oncc2cc1CNCC1CSCCS1. The summed E-state index contributed by atoms with van der Waals surface area (Å²) in [5.74, 6) is 3.89. The predicted molar refractivity (Wildman–Crippen MR) is 79.3 cm³/mol. The zero-order valence-electron chi connectivity index (χ0n) is 10.1. The van der Waals surface area contributed by atoms with Crippen LogP contribution in [0, 0.1) is 0 Å². The zero-order chi connectivity index (χ0) is 12.2. The van der Waals surface area contributed by atoms with Crippen molar-refractivity contribution in [3.63, 3.8) is 0 Å². The summed E-state index contributed by atoms with van der Waals surface area (Å²) in [4.78, 5) is 0. The highest BCUT2D eigenvalue weighted by Crippen LogP contribution is 2.23. The van der Waals surface area contributed by atoms with E-state index in [4.69, 9.17) is 4.52 Å². The highest BCUT2D eigenvalue weighted by molar-refractivity contribution is 8.06.